The van der Waals surface area contributed by atoms with Crippen LogP contribution in [0, 0.1) is 0 Å². The number of hydrogen-bond acceptors (Lipinski definition) is 5. The summed E-state index contributed by atoms with van der Waals surface area (Å²) in [4.78, 5) is 12.7. The van der Waals surface area contributed by atoms with Gasteiger partial charge in [0.25, 0.3) is 0 Å². The molecule has 5 nitrogen and oxygen atoms in total. The molecule has 0 fully saturated rings. The van der Waals surface area contributed by atoms with Crippen LogP contribution in [0.15, 0.2) is 17.0 Å². The standard InChI is InChI=1S/C19H28O5S/c1-5-10-23-13-15-14(18(20)24-11-6-2)7-8-16-17(15)25(21,22)12-9-19(16,3)4/h7-8H,5-6,9-13H2,1-4H3. The molecular formula is C19H28O5S. The van der Waals surface area contributed by atoms with Crippen LogP contribution in [0.2, 0.25) is 0 Å². The van der Waals surface area contributed by atoms with Crippen molar-refractivity contribution >= 4 is 15.8 Å². The van der Waals surface area contributed by atoms with E-state index in [4.69, 9.17) is 9.47 Å². The van der Waals surface area contributed by atoms with Crippen LogP contribution in [-0.2, 0) is 31.3 Å². The molecule has 0 aliphatic carbocycles. The Labute approximate surface area is 150 Å². The molecule has 1 aliphatic heterocycles. The van der Waals surface area contributed by atoms with Gasteiger partial charge < -0.3 is 9.47 Å². The topological polar surface area (TPSA) is 69.7 Å². The summed E-state index contributed by atoms with van der Waals surface area (Å²) in [5.41, 5.74) is 1.25. The number of rotatable bonds is 7. The molecule has 140 valence electrons. The maximum atomic E-state index is 12.8. The molecule has 0 bridgehead atoms. The first-order valence-corrected chi connectivity index (χ1v) is 10.5. The van der Waals surface area contributed by atoms with Gasteiger partial charge in [-0.25, -0.2) is 13.2 Å². The van der Waals surface area contributed by atoms with Crippen molar-refractivity contribution in [1.29, 1.82) is 0 Å². The van der Waals surface area contributed by atoms with E-state index in [1.54, 1.807) is 12.1 Å². The Balaban J connectivity index is 2.60. The Bertz CT molecular complexity index is 734. The van der Waals surface area contributed by atoms with Gasteiger partial charge in [-0.15, -0.1) is 0 Å². The lowest BCUT2D eigenvalue weighted by atomic mass is 9.80. The Hall–Kier alpha value is -1.40. The molecule has 6 heteroatoms. The molecule has 0 aromatic heterocycles. The van der Waals surface area contributed by atoms with E-state index >= 15 is 0 Å². The minimum absolute atomic E-state index is 0.0846. The van der Waals surface area contributed by atoms with Gasteiger partial charge in [0.15, 0.2) is 9.84 Å². The third kappa shape index (κ3) is 4.23. The highest BCUT2D eigenvalue weighted by atomic mass is 32.2. The first kappa shape index (κ1) is 19.9. The van der Waals surface area contributed by atoms with Crippen molar-refractivity contribution in [1.82, 2.24) is 0 Å². The van der Waals surface area contributed by atoms with E-state index in [1.807, 2.05) is 27.7 Å². The fraction of sp³-hybridized carbons (Fsp3) is 0.632. The van der Waals surface area contributed by atoms with Crippen molar-refractivity contribution in [3.63, 3.8) is 0 Å². The minimum Gasteiger partial charge on any atom is -0.462 e. The lowest BCUT2D eigenvalue weighted by molar-refractivity contribution is 0.0496. The molecular weight excluding hydrogens is 340 g/mol. The van der Waals surface area contributed by atoms with Crippen molar-refractivity contribution in [3.8, 4) is 0 Å². The van der Waals surface area contributed by atoms with Crippen LogP contribution in [0.1, 0.15) is 68.4 Å². The van der Waals surface area contributed by atoms with E-state index in [1.165, 1.54) is 0 Å². The fourth-order valence-corrected chi connectivity index (χ4v) is 5.27. The average molecular weight is 368 g/mol. The molecule has 0 spiro atoms. The van der Waals surface area contributed by atoms with Crippen LogP contribution >= 0.6 is 0 Å². The second-order valence-corrected chi connectivity index (χ2v) is 9.16. The van der Waals surface area contributed by atoms with Gasteiger partial charge in [0.2, 0.25) is 0 Å². The van der Waals surface area contributed by atoms with Gasteiger partial charge >= 0.3 is 5.97 Å². The maximum Gasteiger partial charge on any atom is 0.338 e. The molecule has 0 unspecified atom stereocenters. The third-order valence-corrected chi connectivity index (χ3v) is 6.38. The molecule has 2 rings (SSSR count). The Morgan fingerprint density at radius 2 is 1.84 bits per heavy atom. The molecule has 1 aromatic carbocycles. The van der Waals surface area contributed by atoms with E-state index in [0.29, 0.717) is 37.2 Å². The van der Waals surface area contributed by atoms with E-state index in [0.717, 1.165) is 12.0 Å². The molecule has 25 heavy (non-hydrogen) atoms. The zero-order valence-electron chi connectivity index (χ0n) is 15.6. The van der Waals surface area contributed by atoms with Crippen molar-refractivity contribution in [2.75, 3.05) is 19.0 Å². The summed E-state index contributed by atoms with van der Waals surface area (Å²) in [5.74, 6) is -0.403. The lowest BCUT2D eigenvalue weighted by Crippen LogP contribution is -2.32. The number of benzene rings is 1. The number of ether oxygens (including phenoxy) is 2. The lowest BCUT2D eigenvalue weighted by Gasteiger charge is -2.34. The molecule has 1 aromatic rings. The van der Waals surface area contributed by atoms with Crippen molar-refractivity contribution in [2.24, 2.45) is 0 Å². The molecule has 0 amide bonds. The molecule has 0 N–H and O–H groups in total. The fourth-order valence-electron chi connectivity index (χ4n) is 3.07. The van der Waals surface area contributed by atoms with E-state index < -0.39 is 15.8 Å². The normalized spacial score (nSPS) is 17.8. The monoisotopic (exact) mass is 368 g/mol. The van der Waals surface area contributed by atoms with Crippen molar-refractivity contribution in [3.05, 3.63) is 28.8 Å². The van der Waals surface area contributed by atoms with Crippen LogP contribution in [0.4, 0.5) is 0 Å². The highest BCUT2D eigenvalue weighted by Crippen LogP contribution is 2.41. The second kappa shape index (κ2) is 7.87. The molecule has 1 aliphatic rings. The first-order valence-electron chi connectivity index (χ1n) is 8.88. The van der Waals surface area contributed by atoms with Crippen LogP contribution in [0.25, 0.3) is 0 Å². The Morgan fingerprint density at radius 1 is 1.16 bits per heavy atom. The smallest absolute Gasteiger partial charge is 0.338 e. The molecule has 1 heterocycles. The summed E-state index contributed by atoms with van der Waals surface area (Å²) in [5, 5.41) is 0. The van der Waals surface area contributed by atoms with Crippen LogP contribution in [0.5, 0.6) is 0 Å². The first-order chi connectivity index (χ1) is 11.7. The largest absolute Gasteiger partial charge is 0.462 e. The van der Waals surface area contributed by atoms with Gasteiger partial charge in [-0.2, -0.15) is 0 Å². The molecule has 0 saturated carbocycles. The van der Waals surface area contributed by atoms with Gasteiger partial charge in [-0.3, -0.25) is 0 Å². The predicted molar refractivity (Wildman–Crippen MR) is 96.7 cm³/mol. The molecule has 0 atom stereocenters. The summed E-state index contributed by atoms with van der Waals surface area (Å²) < 4.78 is 36.5. The average Bonchev–Trinajstić information content (AvgIpc) is 2.56. The molecule has 0 radical (unpaired) electrons. The zero-order valence-corrected chi connectivity index (χ0v) is 16.4. The summed E-state index contributed by atoms with van der Waals surface area (Å²) in [6.07, 6.45) is 2.10. The number of carbonyl (C=O) groups is 1. The highest BCUT2D eigenvalue weighted by Gasteiger charge is 2.38. The number of carbonyl (C=O) groups excluding carboxylic acids is 1. The second-order valence-electron chi connectivity index (χ2n) is 7.11. The van der Waals surface area contributed by atoms with E-state index in [-0.39, 0.29) is 22.7 Å². The quantitative estimate of drug-likeness (QED) is 0.543. The van der Waals surface area contributed by atoms with Gasteiger partial charge in [-0.05, 0) is 36.3 Å². The Kier molecular flexibility index (Phi) is 6.27. The van der Waals surface area contributed by atoms with E-state index in [2.05, 4.69) is 0 Å². The molecule has 0 saturated heterocycles. The highest BCUT2D eigenvalue weighted by molar-refractivity contribution is 7.91. The van der Waals surface area contributed by atoms with Gasteiger partial charge in [0, 0.05) is 12.2 Å². The van der Waals surface area contributed by atoms with Crippen molar-refractivity contribution < 1.29 is 22.7 Å². The number of fused-ring (bicyclic) bond motifs is 1. The summed E-state index contributed by atoms with van der Waals surface area (Å²) >= 11 is 0. The minimum atomic E-state index is -3.45. The van der Waals surface area contributed by atoms with Gasteiger partial charge in [0.1, 0.15) is 0 Å². The summed E-state index contributed by atoms with van der Waals surface area (Å²) in [6.45, 7) is 8.89. The third-order valence-electron chi connectivity index (χ3n) is 4.55. The SMILES string of the molecule is CCCOCc1c(C(=O)OCCC)ccc2c1S(=O)(=O)CCC2(C)C. The van der Waals surface area contributed by atoms with Crippen LogP contribution < -0.4 is 0 Å². The van der Waals surface area contributed by atoms with Gasteiger partial charge in [0.05, 0.1) is 29.4 Å². The Morgan fingerprint density at radius 3 is 2.48 bits per heavy atom. The summed E-state index contributed by atoms with van der Waals surface area (Å²) in [7, 11) is -3.45. The van der Waals surface area contributed by atoms with Gasteiger partial charge in [-0.1, -0.05) is 33.8 Å². The summed E-state index contributed by atoms with van der Waals surface area (Å²) in [6, 6.07) is 3.45. The van der Waals surface area contributed by atoms with Crippen LogP contribution in [0.3, 0.4) is 0 Å². The van der Waals surface area contributed by atoms with Crippen molar-refractivity contribution in [2.45, 2.75) is 63.9 Å². The number of sulfone groups is 1. The zero-order chi connectivity index (χ0) is 18.7. The number of hydrogen-bond donors (Lipinski definition) is 0. The number of esters is 1. The predicted octanol–water partition coefficient (Wildman–Crippen LogP) is 3.64. The van der Waals surface area contributed by atoms with Crippen LogP contribution in [-0.4, -0.2) is 33.4 Å². The maximum absolute atomic E-state index is 12.8. The van der Waals surface area contributed by atoms with E-state index in [9.17, 15) is 13.2 Å².